The van der Waals surface area contributed by atoms with Gasteiger partial charge in [0.1, 0.15) is 18.2 Å². The van der Waals surface area contributed by atoms with Crippen LogP contribution in [0.5, 0.6) is 11.5 Å². The Labute approximate surface area is 188 Å². The van der Waals surface area contributed by atoms with Crippen LogP contribution in [0.15, 0.2) is 72.3 Å². The second kappa shape index (κ2) is 10.8. The van der Waals surface area contributed by atoms with Crippen molar-refractivity contribution in [2.24, 2.45) is 0 Å². The van der Waals surface area contributed by atoms with Crippen LogP contribution < -0.4 is 14.8 Å². The molecule has 3 rings (SSSR count). The number of nitrogens with zero attached hydrogens (tertiary/aromatic N) is 1. The van der Waals surface area contributed by atoms with Gasteiger partial charge in [0, 0.05) is 5.69 Å². The van der Waals surface area contributed by atoms with E-state index in [1.165, 1.54) is 0 Å². The molecule has 3 aromatic carbocycles. The highest BCUT2D eigenvalue weighted by atomic mass is 16.5. The van der Waals surface area contributed by atoms with Crippen LogP contribution in [0.25, 0.3) is 6.08 Å². The van der Waals surface area contributed by atoms with Crippen molar-refractivity contribution < 1.29 is 14.3 Å². The van der Waals surface area contributed by atoms with E-state index >= 15 is 0 Å². The van der Waals surface area contributed by atoms with E-state index in [4.69, 9.17) is 9.47 Å². The molecular formula is C27H26N2O3. The summed E-state index contributed by atoms with van der Waals surface area (Å²) in [7, 11) is 0. The minimum Gasteiger partial charge on any atom is -0.490 e. The average Bonchev–Trinajstić information content (AvgIpc) is 2.80. The number of aryl methyl sites for hydroxylation is 1. The summed E-state index contributed by atoms with van der Waals surface area (Å²) in [5.74, 6) is 0.708. The SMILES string of the molecule is CCOc1cc(/C=C(/C#N)C(=O)Nc2cccc(C)c2C)ccc1OCc1ccccc1. The van der Waals surface area contributed by atoms with Crippen LogP contribution >= 0.6 is 0 Å². The second-order valence-electron chi connectivity index (χ2n) is 7.28. The largest absolute Gasteiger partial charge is 0.490 e. The van der Waals surface area contributed by atoms with Gasteiger partial charge >= 0.3 is 0 Å². The van der Waals surface area contributed by atoms with E-state index in [2.05, 4.69) is 5.32 Å². The number of rotatable bonds is 8. The number of nitrogens with one attached hydrogen (secondary N) is 1. The van der Waals surface area contributed by atoms with Crippen molar-refractivity contribution in [2.75, 3.05) is 11.9 Å². The van der Waals surface area contributed by atoms with Crippen molar-refractivity contribution in [3.63, 3.8) is 0 Å². The van der Waals surface area contributed by atoms with Gasteiger partial charge in [-0.25, -0.2) is 0 Å². The fourth-order valence-electron chi connectivity index (χ4n) is 3.13. The zero-order chi connectivity index (χ0) is 22.9. The monoisotopic (exact) mass is 426 g/mol. The first-order chi connectivity index (χ1) is 15.5. The van der Waals surface area contributed by atoms with E-state index in [0.717, 1.165) is 16.7 Å². The molecule has 0 saturated carbocycles. The standard InChI is InChI=1S/C27H26N2O3/c1-4-31-26-16-22(13-14-25(26)32-18-21-10-6-5-7-11-21)15-23(17-28)27(30)29-24-12-8-9-19(2)20(24)3/h5-16H,4,18H2,1-3H3,(H,29,30)/b23-15-. The predicted octanol–water partition coefficient (Wildman–Crippen LogP) is 5.83. The Morgan fingerprint density at radius 1 is 1.00 bits per heavy atom. The summed E-state index contributed by atoms with van der Waals surface area (Å²) < 4.78 is 11.7. The summed E-state index contributed by atoms with van der Waals surface area (Å²) >= 11 is 0. The fraction of sp³-hybridized carbons (Fsp3) is 0.185. The molecule has 0 aliphatic heterocycles. The van der Waals surface area contributed by atoms with Gasteiger partial charge in [0.05, 0.1) is 6.61 Å². The fourth-order valence-corrected chi connectivity index (χ4v) is 3.13. The molecule has 32 heavy (non-hydrogen) atoms. The van der Waals surface area contributed by atoms with E-state index in [0.29, 0.717) is 36.0 Å². The predicted molar refractivity (Wildman–Crippen MR) is 127 cm³/mol. The van der Waals surface area contributed by atoms with Crippen molar-refractivity contribution in [1.82, 2.24) is 0 Å². The minimum atomic E-state index is -0.455. The third-order valence-corrected chi connectivity index (χ3v) is 5.03. The number of anilines is 1. The quantitative estimate of drug-likeness (QED) is 0.363. The average molecular weight is 427 g/mol. The second-order valence-corrected chi connectivity index (χ2v) is 7.28. The van der Waals surface area contributed by atoms with Crippen molar-refractivity contribution >= 4 is 17.7 Å². The summed E-state index contributed by atoms with van der Waals surface area (Å²) in [6.07, 6.45) is 1.55. The first kappa shape index (κ1) is 22.6. The number of nitriles is 1. The topological polar surface area (TPSA) is 71.3 Å². The maximum Gasteiger partial charge on any atom is 0.266 e. The van der Waals surface area contributed by atoms with Gasteiger partial charge in [0.2, 0.25) is 0 Å². The summed E-state index contributed by atoms with van der Waals surface area (Å²) in [5.41, 5.74) is 4.46. The summed E-state index contributed by atoms with van der Waals surface area (Å²) in [6.45, 7) is 6.68. The van der Waals surface area contributed by atoms with Crippen LogP contribution in [-0.2, 0) is 11.4 Å². The van der Waals surface area contributed by atoms with Crippen LogP contribution in [0.1, 0.15) is 29.2 Å². The molecule has 0 atom stereocenters. The van der Waals surface area contributed by atoms with E-state index in [1.54, 1.807) is 24.3 Å². The smallest absolute Gasteiger partial charge is 0.266 e. The third kappa shape index (κ3) is 5.77. The van der Waals surface area contributed by atoms with Crippen LogP contribution in [-0.4, -0.2) is 12.5 Å². The Morgan fingerprint density at radius 3 is 2.50 bits per heavy atom. The Balaban J connectivity index is 1.80. The van der Waals surface area contributed by atoms with Gasteiger partial charge in [-0.15, -0.1) is 0 Å². The number of hydrogen-bond acceptors (Lipinski definition) is 4. The van der Waals surface area contributed by atoms with E-state index in [-0.39, 0.29) is 5.57 Å². The summed E-state index contributed by atoms with van der Waals surface area (Å²) in [6, 6.07) is 22.9. The molecule has 1 N–H and O–H groups in total. The zero-order valence-electron chi connectivity index (χ0n) is 18.5. The van der Waals surface area contributed by atoms with E-state index < -0.39 is 5.91 Å². The van der Waals surface area contributed by atoms with Gasteiger partial charge < -0.3 is 14.8 Å². The molecule has 0 spiro atoms. The maximum atomic E-state index is 12.7. The lowest BCUT2D eigenvalue weighted by Gasteiger charge is -2.13. The van der Waals surface area contributed by atoms with E-state index in [9.17, 15) is 10.1 Å². The van der Waals surface area contributed by atoms with Crippen LogP contribution in [0.3, 0.4) is 0 Å². The Bertz CT molecular complexity index is 1160. The Kier molecular flexibility index (Phi) is 7.66. The van der Waals surface area contributed by atoms with Crippen molar-refractivity contribution in [3.8, 4) is 17.6 Å². The molecule has 0 unspecified atom stereocenters. The first-order valence-corrected chi connectivity index (χ1v) is 10.4. The van der Waals surface area contributed by atoms with Gasteiger partial charge in [0.15, 0.2) is 11.5 Å². The third-order valence-electron chi connectivity index (χ3n) is 5.03. The van der Waals surface area contributed by atoms with Crippen molar-refractivity contribution in [2.45, 2.75) is 27.4 Å². The molecule has 0 fully saturated rings. The molecule has 162 valence electrons. The molecule has 0 aliphatic rings. The molecule has 0 bridgehead atoms. The highest BCUT2D eigenvalue weighted by Crippen LogP contribution is 2.30. The van der Waals surface area contributed by atoms with Crippen LogP contribution in [0.2, 0.25) is 0 Å². The summed E-state index contributed by atoms with van der Waals surface area (Å²) in [5, 5.41) is 12.4. The number of hydrogen-bond donors (Lipinski definition) is 1. The minimum absolute atomic E-state index is 0.00584. The van der Waals surface area contributed by atoms with Crippen LogP contribution in [0.4, 0.5) is 5.69 Å². The van der Waals surface area contributed by atoms with Gasteiger partial charge in [-0.3, -0.25) is 4.79 Å². The maximum absolute atomic E-state index is 12.7. The number of carbonyl (C=O) groups is 1. The number of carbonyl (C=O) groups excluding carboxylic acids is 1. The molecule has 0 aliphatic carbocycles. The zero-order valence-corrected chi connectivity index (χ0v) is 18.5. The van der Waals surface area contributed by atoms with E-state index in [1.807, 2.05) is 75.4 Å². The lowest BCUT2D eigenvalue weighted by Crippen LogP contribution is -2.14. The molecule has 1 amide bonds. The van der Waals surface area contributed by atoms with Crippen molar-refractivity contribution in [1.29, 1.82) is 5.26 Å². The first-order valence-electron chi connectivity index (χ1n) is 10.4. The van der Waals surface area contributed by atoms with Gasteiger partial charge in [-0.05, 0) is 67.3 Å². The van der Waals surface area contributed by atoms with Gasteiger partial charge in [-0.1, -0.05) is 48.5 Å². The van der Waals surface area contributed by atoms with Gasteiger partial charge in [0.25, 0.3) is 5.91 Å². The Hall–Kier alpha value is -4.04. The highest BCUT2D eigenvalue weighted by molar-refractivity contribution is 6.10. The molecule has 5 heteroatoms. The molecule has 0 radical (unpaired) electrons. The molecule has 3 aromatic rings. The Morgan fingerprint density at radius 2 is 1.78 bits per heavy atom. The molecule has 0 heterocycles. The molecular weight excluding hydrogens is 400 g/mol. The highest BCUT2D eigenvalue weighted by Gasteiger charge is 2.13. The summed E-state index contributed by atoms with van der Waals surface area (Å²) in [4.78, 5) is 12.7. The number of ether oxygens (including phenoxy) is 2. The van der Waals surface area contributed by atoms with Crippen LogP contribution in [0, 0.1) is 25.2 Å². The van der Waals surface area contributed by atoms with Gasteiger partial charge in [-0.2, -0.15) is 5.26 Å². The lowest BCUT2D eigenvalue weighted by molar-refractivity contribution is -0.112. The lowest BCUT2D eigenvalue weighted by atomic mass is 10.1. The number of benzene rings is 3. The normalized spacial score (nSPS) is 10.9. The molecule has 0 aromatic heterocycles. The van der Waals surface area contributed by atoms with Crippen molar-refractivity contribution in [3.05, 3.63) is 94.6 Å². The molecule has 0 saturated heterocycles. The number of amides is 1. The molecule has 5 nitrogen and oxygen atoms in total.